The summed E-state index contributed by atoms with van der Waals surface area (Å²) >= 11 is 0. The first-order chi connectivity index (χ1) is 8.41. The molecule has 0 saturated heterocycles. The molecule has 2 rings (SSSR count). The summed E-state index contributed by atoms with van der Waals surface area (Å²) in [6, 6.07) is 8.65. The van der Waals surface area contributed by atoms with E-state index in [1.54, 1.807) is 0 Å². The Balaban J connectivity index is 2.25. The number of carbonyl (C=O) groups is 1. The molecule has 1 aromatic rings. The van der Waals surface area contributed by atoms with Gasteiger partial charge in [-0.25, -0.2) is 0 Å². The minimum atomic E-state index is -0.0368. The van der Waals surface area contributed by atoms with Crippen LogP contribution in [-0.2, 0) is 10.2 Å². The van der Waals surface area contributed by atoms with Crippen molar-refractivity contribution in [3.63, 3.8) is 0 Å². The number of carbonyl (C=O) groups excluding carboxylic acids is 1. The first kappa shape index (κ1) is 13.3. The van der Waals surface area contributed by atoms with Crippen molar-refractivity contribution in [2.75, 3.05) is 0 Å². The molecule has 1 aliphatic rings. The maximum absolute atomic E-state index is 12.3. The van der Waals surface area contributed by atoms with Crippen molar-refractivity contribution in [2.24, 2.45) is 11.8 Å². The van der Waals surface area contributed by atoms with Crippen molar-refractivity contribution in [1.82, 2.24) is 0 Å². The van der Waals surface area contributed by atoms with Crippen molar-refractivity contribution in [3.8, 4) is 0 Å². The third-order valence-corrected chi connectivity index (χ3v) is 4.55. The molecule has 1 nitrogen and oxygen atoms in total. The zero-order valence-electron chi connectivity index (χ0n) is 12.0. The zero-order valence-corrected chi connectivity index (χ0v) is 12.0. The molecule has 1 aromatic carbocycles. The topological polar surface area (TPSA) is 17.1 Å². The molecule has 0 spiro atoms. The summed E-state index contributed by atoms with van der Waals surface area (Å²) in [4.78, 5) is 12.3. The van der Waals surface area contributed by atoms with Crippen LogP contribution in [0.25, 0.3) is 0 Å². The lowest BCUT2D eigenvalue weighted by Crippen LogP contribution is -2.38. The van der Waals surface area contributed by atoms with Crippen LogP contribution in [0.15, 0.2) is 24.3 Å². The molecule has 0 heterocycles. The highest BCUT2D eigenvalue weighted by Gasteiger charge is 2.38. The van der Waals surface area contributed by atoms with Crippen molar-refractivity contribution in [2.45, 2.75) is 52.4 Å². The van der Waals surface area contributed by atoms with Gasteiger partial charge in [-0.2, -0.15) is 0 Å². The van der Waals surface area contributed by atoms with Gasteiger partial charge in [0.05, 0.1) is 0 Å². The lowest BCUT2D eigenvalue weighted by atomic mass is 9.65. The smallest absolute Gasteiger partial charge is 0.137 e. The Labute approximate surface area is 111 Å². The summed E-state index contributed by atoms with van der Waals surface area (Å²) in [7, 11) is 0. The SMILES string of the molecule is Cc1ccc(C(C)(C)C2CCC(C)CC2=O)cc1. The van der Waals surface area contributed by atoms with Crippen LogP contribution in [-0.4, -0.2) is 5.78 Å². The third-order valence-electron chi connectivity index (χ3n) is 4.55. The van der Waals surface area contributed by atoms with Crippen LogP contribution in [0.1, 0.15) is 51.2 Å². The molecule has 18 heavy (non-hydrogen) atoms. The van der Waals surface area contributed by atoms with E-state index in [2.05, 4.69) is 52.0 Å². The van der Waals surface area contributed by atoms with Gasteiger partial charge in [-0.05, 0) is 36.7 Å². The van der Waals surface area contributed by atoms with Crippen LogP contribution >= 0.6 is 0 Å². The molecule has 1 heteroatoms. The second kappa shape index (κ2) is 4.87. The van der Waals surface area contributed by atoms with E-state index < -0.39 is 0 Å². The zero-order chi connectivity index (χ0) is 13.3. The van der Waals surface area contributed by atoms with E-state index in [1.807, 2.05) is 0 Å². The lowest BCUT2D eigenvalue weighted by molar-refractivity contribution is -0.128. The molecule has 98 valence electrons. The number of ketones is 1. The van der Waals surface area contributed by atoms with Gasteiger partial charge in [0.1, 0.15) is 5.78 Å². The summed E-state index contributed by atoms with van der Waals surface area (Å²) in [6.45, 7) is 8.73. The van der Waals surface area contributed by atoms with Gasteiger partial charge in [0, 0.05) is 12.3 Å². The predicted octanol–water partition coefficient (Wildman–Crippen LogP) is 4.28. The van der Waals surface area contributed by atoms with Gasteiger partial charge in [-0.1, -0.05) is 50.6 Å². The molecule has 2 unspecified atom stereocenters. The van der Waals surface area contributed by atoms with Crippen LogP contribution in [0, 0.1) is 18.8 Å². The highest BCUT2D eigenvalue weighted by atomic mass is 16.1. The molecule has 1 fully saturated rings. The second-order valence-electron chi connectivity index (χ2n) is 6.49. The molecule has 0 N–H and O–H groups in total. The normalized spacial score (nSPS) is 25.2. The van der Waals surface area contributed by atoms with Gasteiger partial charge in [-0.15, -0.1) is 0 Å². The van der Waals surface area contributed by atoms with Gasteiger partial charge in [0.15, 0.2) is 0 Å². The molecule has 0 aliphatic heterocycles. The maximum atomic E-state index is 12.3. The van der Waals surface area contributed by atoms with E-state index in [0.717, 1.165) is 12.8 Å². The monoisotopic (exact) mass is 244 g/mol. The lowest BCUT2D eigenvalue weighted by Gasteiger charge is -2.38. The van der Waals surface area contributed by atoms with Crippen LogP contribution in [0.4, 0.5) is 0 Å². The quantitative estimate of drug-likeness (QED) is 0.759. The fourth-order valence-corrected chi connectivity index (χ4v) is 3.15. The molecule has 1 saturated carbocycles. The second-order valence-corrected chi connectivity index (χ2v) is 6.49. The Hall–Kier alpha value is -1.11. The summed E-state index contributed by atoms with van der Waals surface area (Å²) in [5.41, 5.74) is 2.53. The number of rotatable bonds is 2. The van der Waals surface area contributed by atoms with E-state index in [4.69, 9.17) is 0 Å². The molecule has 0 radical (unpaired) electrons. The van der Waals surface area contributed by atoms with Crippen molar-refractivity contribution < 1.29 is 4.79 Å². The first-order valence-electron chi connectivity index (χ1n) is 7.01. The fourth-order valence-electron chi connectivity index (χ4n) is 3.15. The highest BCUT2D eigenvalue weighted by molar-refractivity contribution is 5.83. The van der Waals surface area contributed by atoms with E-state index in [0.29, 0.717) is 11.7 Å². The average molecular weight is 244 g/mol. The first-order valence-corrected chi connectivity index (χ1v) is 7.01. The van der Waals surface area contributed by atoms with Crippen molar-refractivity contribution in [1.29, 1.82) is 0 Å². The largest absolute Gasteiger partial charge is 0.299 e. The minimum Gasteiger partial charge on any atom is -0.299 e. The number of hydrogen-bond donors (Lipinski definition) is 0. The predicted molar refractivity (Wildman–Crippen MR) is 75.7 cm³/mol. The Kier molecular flexibility index (Phi) is 3.61. The third kappa shape index (κ3) is 2.50. The Morgan fingerprint density at radius 3 is 2.28 bits per heavy atom. The summed E-state index contributed by atoms with van der Waals surface area (Å²) in [5, 5.41) is 0. The molecule has 0 aromatic heterocycles. The van der Waals surface area contributed by atoms with Crippen molar-refractivity contribution in [3.05, 3.63) is 35.4 Å². The van der Waals surface area contributed by atoms with Gasteiger partial charge in [0.25, 0.3) is 0 Å². The van der Waals surface area contributed by atoms with Gasteiger partial charge < -0.3 is 0 Å². The molecule has 0 amide bonds. The van der Waals surface area contributed by atoms with Crippen molar-refractivity contribution >= 4 is 5.78 Å². The number of hydrogen-bond acceptors (Lipinski definition) is 1. The standard InChI is InChI=1S/C17H24O/c1-12-5-8-14(9-6-12)17(3,4)15-10-7-13(2)11-16(15)18/h5-6,8-9,13,15H,7,10-11H2,1-4H3. The van der Waals surface area contributed by atoms with Gasteiger partial charge >= 0.3 is 0 Å². The van der Waals surface area contributed by atoms with Crippen LogP contribution in [0.5, 0.6) is 0 Å². The van der Waals surface area contributed by atoms with Crippen LogP contribution in [0.2, 0.25) is 0 Å². The number of Topliss-reactive ketones (excluding diaryl/α,β-unsaturated/α-hetero) is 1. The highest BCUT2D eigenvalue weighted by Crippen LogP contribution is 2.40. The summed E-state index contributed by atoms with van der Waals surface area (Å²) < 4.78 is 0. The van der Waals surface area contributed by atoms with E-state index in [-0.39, 0.29) is 11.3 Å². The molecule has 2 atom stereocenters. The van der Waals surface area contributed by atoms with E-state index >= 15 is 0 Å². The Bertz CT molecular complexity index is 427. The van der Waals surface area contributed by atoms with Gasteiger partial charge in [0.2, 0.25) is 0 Å². The number of aryl methyl sites for hydroxylation is 1. The Morgan fingerprint density at radius 1 is 1.11 bits per heavy atom. The minimum absolute atomic E-state index is 0.0368. The van der Waals surface area contributed by atoms with E-state index in [9.17, 15) is 4.79 Å². The summed E-state index contributed by atoms with van der Waals surface area (Å²) in [6.07, 6.45) is 2.99. The molecular formula is C17H24O. The van der Waals surface area contributed by atoms with Crippen LogP contribution in [0.3, 0.4) is 0 Å². The van der Waals surface area contributed by atoms with E-state index in [1.165, 1.54) is 17.5 Å². The molecule has 1 aliphatic carbocycles. The molecule has 0 bridgehead atoms. The van der Waals surface area contributed by atoms with Gasteiger partial charge in [-0.3, -0.25) is 4.79 Å². The number of benzene rings is 1. The maximum Gasteiger partial charge on any atom is 0.137 e. The summed E-state index contributed by atoms with van der Waals surface area (Å²) in [5.74, 6) is 1.22. The molecular weight excluding hydrogens is 220 g/mol. The Morgan fingerprint density at radius 2 is 1.72 bits per heavy atom. The average Bonchev–Trinajstić information content (AvgIpc) is 2.29. The fraction of sp³-hybridized carbons (Fsp3) is 0.588. The van der Waals surface area contributed by atoms with Crippen LogP contribution < -0.4 is 0 Å².